The van der Waals surface area contributed by atoms with Crippen LogP contribution in [0.4, 0.5) is 10.5 Å². The highest BCUT2D eigenvalue weighted by Crippen LogP contribution is 2.21. The first-order valence-corrected chi connectivity index (χ1v) is 11.6. The van der Waals surface area contributed by atoms with E-state index in [2.05, 4.69) is 29.4 Å². The van der Waals surface area contributed by atoms with Crippen molar-refractivity contribution in [3.05, 3.63) is 29.8 Å². The van der Waals surface area contributed by atoms with E-state index in [9.17, 15) is 14.4 Å². The molecule has 0 atom stereocenters. The van der Waals surface area contributed by atoms with Crippen LogP contribution in [-0.2, 0) is 9.53 Å². The van der Waals surface area contributed by atoms with E-state index in [1.165, 1.54) is 0 Å². The summed E-state index contributed by atoms with van der Waals surface area (Å²) in [6.07, 6.45) is 0.778. The molecule has 1 aromatic rings. The highest BCUT2D eigenvalue weighted by molar-refractivity contribution is 5.95. The minimum atomic E-state index is -0.578. The van der Waals surface area contributed by atoms with Gasteiger partial charge in [0.2, 0.25) is 5.91 Å². The quantitative estimate of drug-likeness (QED) is 0.649. The van der Waals surface area contributed by atoms with Crippen LogP contribution in [0.1, 0.15) is 57.8 Å². The van der Waals surface area contributed by atoms with Crippen LogP contribution in [0.3, 0.4) is 0 Å². The summed E-state index contributed by atoms with van der Waals surface area (Å²) in [5, 5.41) is 5.76. The van der Waals surface area contributed by atoms with Gasteiger partial charge in [-0.15, -0.1) is 0 Å². The fourth-order valence-corrected chi connectivity index (χ4v) is 4.03. The molecule has 184 valence electrons. The zero-order chi connectivity index (χ0) is 24.8. The number of carbonyl (C=O) groups excluding carboxylic acids is 3. The molecule has 0 radical (unpaired) electrons. The van der Waals surface area contributed by atoms with E-state index in [4.69, 9.17) is 4.74 Å². The SMILES string of the molecule is CN(C)CC(C)(C)CNC(=O)C1CCN(C(=O)c2ccc(NC(=O)OC(C)(C)C)cc2)CC1. The first kappa shape index (κ1) is 26.6. The average Bonchev–Trinajstić information content (AvgIpc) is 2.70. The van der Waals surface area contributed by atoms with Crippen molar-refractivity contribution in [1.82, 2.24) is 15.1 Å². The normalized spacial score (nSPS) is 15.3. The van der Waals surface area contributed by atoms with Crippen LogP contribution in [0.15, 0.2) is 24.3 Å². The molecule has 1 aromatic carbocycles. The Morgan fingerprint density at radius 2 is 1.61 bits per heavy atom. The zero-order valence-electron chi connectivity index (χ0n) is 21.2. The second-order valence-electron chi connectivity index (χ2n) is 10.9. The Labute approximate surface area is 198 Å². The second-order valence-corrected chi connectivity index (χ2v) is 10.9. The van der Waals surface area contributed by atoms with Gasteiger partial charge < -0.3 is 19.9 Å². The minimum Gasteiger partial charge on any atom is -0.444 e. The summed E-state index contributed by atoms with van der Waals surface area (Å²) in [6, 6.07) is 6.76. The van der Waals surface area contributed by atoms with Gasteiger partial charge in [-0.3, -0.25) is 14.9 Å². The predicted molar refractivity (Wildman–Crippen MR) is 130 cm³/mol. The van der Waals surface area contributed by atoms with Gasteiger partial charge in [-0.25, -0.2) is 4.79 Å². The molecule has 1 aliphatic rings. The molecule has 8 heteroatoms. The van der Waals surface area contributed by atoms with Crippen LogP contribution >= 0.6 is 0 Å². The third-order valence-corrected chi connectivity index (χ3v) is 5.42. The van der Waals surface area contributed by atoms with E-state index in [-0.39, 0.29) is 23.1 Å². The maximum absolute atomic E-state index is 12.9. The van der Waals surface area contributed by atoms with E-state index < -0.39 is 11.7 Å². The van der Waals surface area contributed by atoms with Gasteiger partial charge in [0.1, 0.15) is 5.60 Å². The van der Waals surface area contributed by atoms with Crippen molar-refractivity contribution in [2.75, 3.05) is 45.6 Å². The maximum Gasteiger partial charge on any atom is 0.412 e. The van der Waals surface area contributed by atoms with Gasteiger partial charge in [0.15, 0.2) is 0 Å². The highest BCUT2D eigenvalue weighted by Gasteiger charge is 2.29. The molecule has 1 aliphatic heterocycles. The predicted octanol–water partition coefficient (Wildman–Crippen LogP) is 3.59. The Morgan fingerprint density at radius 1 is 1.03 bits per heavy atom. The van der Waals surface area contributed by atoms with Crippen molar-refractivity contribution < 1.29 is 19.1 Å². The summed E-state index contributed by atoms with van der Waals surface area (Å²) in [5.74, 6) is -0.0547. The summed E-state index contributed by atoms with van der Waals surface area (Å²) in [6.45, 7) is 12.3. The third-order valence-electron chi connectivity index (χ3n) is 5.42. The lowest BCUT2D eigenvalue weighted by Gasteiger charge is -2.33. The van der Waals surface area contributed by atoms with Gasteiger partial charge in [0.25, 0.3) is 5.91 Å². The maximum atomic E-state index is 12.9. The van der Waals surface area contributed by atoms with Crippen molar-refractivity contribution in [1.29, 1.82) is 0 Å². The lowest BCUT2D eigenvalue weighted by molar-refractivity contribution is -0.126. The summed E-state index contributed by atoms with van der Waals surface area (Å²) in [4.78, 5) is 41.3. The van der Waals surface area contributed by atoms with Crippen LogP contribution in [0.5, 0.6) is 0 Å². The molecule has 0 aromatic heterocycles. The monoisotopic (exact) mass is 460 g/mol. The van der Waals surface area contributed by atoms with Gasteiger partial charge in [-0.05, 0) is 77.4 Å². The molecule has 2 rings (SSSR count). The number of piperidine rings is 1. The first-order chi connectivity index (χ1) is 15.3. The van der Waals surface area contributed by atoms with Crippen molar-refractivity contribution >= 4 is 23.6 Å². The number of hydrogen-bond acceptors (Lipinski definition) is 5. The Balaban J connectivity index is 1.82. The topological polar surface area (TPSA) is 91.0 Å². The number of likely N-dealkylation sites (tertiary alicyclic amines) is 1. The number of nitrogens with zero attached hydrogens (tertiary/aromatic N) is 2. The molecule has 8 nitrogen and oxygen atoms in total. The fraction of sp³-hybridized carbons (Fsp3) is 0.640. The molecule has 1 heterocycles. The molecule has 0 spiro atoms. The number of ether oxygens (including phenoxy) is 1. The van der Waals surface area contributed by atoms with Crippen LogP contribution in [0, 0.1) is 11.3 Å². The van der Waals surface area contributed by atoms with E-state index in [0.717, 1.165) is 6.54 Å². The van der Waals surface area contributed by atoms with E-state index in [1.807, 2.05) is 14.1 Å². The number of amides is 3. The number of benzene rings is 1. The fourth-order valence-electron chi connectivity index (χ4n) is 4.03. The Bertz CT molecular complexity index is 820. The largest absolute Gasteiger partial charge is 0.444 e. The second kappa shape index (κ2) is 11.0. The van der Waals surface area contributed by atoms with Crippen LogP contribution in [0.2, 0.25) is 0 Å². The summed E-state index contributed by atoms with van der Waals surface area (Å²) in [5.41, 5.74) is 0.539. The smallest absolute Gasteiger partial charge is 0.412 e. The lowest BCUT2D eigenvalue weighted by atomic mass is 9.91. The molecule has 0 saturated carbocycles. The van der Waals surface area contributed by atoms with Crippen LogP contribution in [0.25, 0.3) is 0 Å². The third kappa shape index (κ3) is 9.04. The summed E-state index contributed by atoms with van der Waals surface area (Å²) < 4.78 is 5.24. The lowest BCUT2D eigenvalue weighted by Crippen LogP contribution is -2.46. The van der Waals surface area contributed by atoms with Crippen molar-refractivity contribution in [3.63, 3.8) is 0 Å². The number of anilines is 1. The van der Waals surface area contributed by atoms with Crippen molar-refractivity contribution in [2.24, 2.45) is 11.3 Å². The molecule has 0 aliphatic carbocycles. The highest BCUT2D eigenvalue weighted by atomic mass is 16.6. The van der Waals surface area contributed by atoms with Crippen LogP contribution in [-0.4, -0.2) is 73.6 Å². The van der Waals surface area contributed by atoms with Crippen molar-refractivity contribution in [3.8, 4) is 0 Å². The molecule has 1 saturated heterocycles. The van der Waals surface area contributed by atoms with E-state index in [1.54, 1.807) is 49.9 Å². The van der Waals surface area contributed by atoms with Gasteiger partial charge >= 0.3 is 6.09 Å². The first-order valence-electron chi connectivity index (χ1n) is 11.6. The standard InChI is InChI=1S/C25H40N4O4/c1-24(2,3)33-23(32)27-20-10-8-19(9-11-20)22(31)29-14-12-18(13-15-29)21(30)26-16-25(4,5)17-28(6)7/h8-11,18H,12-17H2,1-7H3,(H,26,30)(H,27,32). The molecule has 33 heavy (non-hydrogen) atoms. The van der Waals surface area contributed by atoms with Gasteiger partial charge in [0.05, 0.1) is 0 Å². The number of carbonyl (C=O) groups is 3. The van der Waals surface area contributed by atoms with Gasteiger partial charge in [-0.1, -0.05) is 13.8 Å². The summed E-state index contributed by atoms with van der Waals surface area (Å²) >= 11 is 0. The van der Waals surface area contributed by atoms with Gasteiger partial charge in [0, 0.05) is 43.3 Å². The zero-order valence-corrected chi connectivity index (χ0v) is 21.2. The Hall–Kier alpha value is -2.61. The van der Waals surface area contributed by atoms with Crippen LogP contribution < -0.4 is 10.6 Å². The van der Waals surface area contributed by atoms with Crippen molar-refractivity contribution in [2.45, 2.75) is 53.1 Å². The Morgan fingerprint density at radius 3 is 2.12 bits per heavy atom. The van der Waals surface area contributed by atoms with E-state index in [0.29, 0.717) is 43.7 Å². The summed E-state index contributed by atoms with van der Waals surface area (Å²) in [7, 11) is 4.06. The molecule has 2 N–H and O–H groups in total. The molecule has 1 fully saturated rings. The molecular weight excluding hydrogens is 420 g/mol. The average molecular weight is 461 g/mol. The number of hydrogen-bond donors (Lipinski definition) is 2. The molecule has 0 unspecified atom stereocenters. The van der Waals surface area contributed by atoms with Gasteiger partial charge in [-0.2, -0.15) is 0 Å². The van der Waals surface area contributed by atoms with E-state index >= 15 is 0 Å². The number of rotatable bonds is 7. The number of nitrogens with one attached hydrogen (secondary N) is 2. The Kier molecular flexibility index (Phi) is 8.89. The molecule has 0 bridgehead atoms. The molecule has 3 amide bonds. The minimum absolute atomic E-state index is 0.000328. The molecular formula is C25H40N4O4.